The molecule has 2 aromatic heterocycles. The van der Waals surface area contributed by atoms with E-state index in [9.17, 15) is 4.79 Å². The topological polar surface area (TPSA) is 72.8 Å². The van der Waals surface area contributed by atoms with Gasteiger partial charge in [0, 0.05) is 30.7 Å². The molecule has 0 aliphatic rings. The van der Waals surface area contributed by atoms with Crippen molar-refractivity contribution in [1.82, 2.24) is 9.97 Å². The zero-order valence-corrected chi connectivity index (χ0v) is 11.1. The van der Waals surface area contributed by atoms with Crippen LogP contribution in [0, 0.1) is 18.3 Å². The first-order chi connectivity index (χ1) is 8.52. The summed E-state index contributed by atoms with van der Waals surface area (Å²) in [5.74, 6) is 0. The lowest BCUT2D eigenvalue weighted by molar-refractivity contribution is 1.10. The van der Waals surface area contributed by atoms with Crippen molar-refractivity contribution in [2.75, 3.05) is 19.0 Å². The maximum atomic E-state index is 11.5. The number of H-pyrrole nitrogens is 1. The number of nitrogens with zero attached hydrogens (tertiary/aromatic N) is 3. The summed E-state index contributed by atoms with van der Waals surface area (Å²) >= 11 is 1.52. The third-order valence-corrected chi connectivity index (χ3v) is 3.52. The van der Waals surface area contributed by atoms with Gasteiger partial charge in [0.1, 0.15) is 11.6 Å². The van der Waals surface area contributed by atoms with Crippen LogP contribution < -0.4 is 10.5 Å². The Morgan fingerprint density at radius 1 is 1.50 bits per heavy atom. The number of aromatic amines is 1. The molecule has 5 nitrogen and oxygen atoms in total. The first-order valence-corrected chi connectivity index (χ1v) is 6.18. The minimum atomic E-state index is -0.359. The van der Waals surface area contributed by atoms with Crippen molar-refractivity contribution in [2.24, 2.45) is 0 Å². The first kappa shape index (κ1) is 12.3. The fraction of sp³-hybridized carbons (Fsp3) is 0.250. The predicted molar refractivity (Wildman–Crippen MR) is 71.9 cm³/mol. The van der Waals surface area contributed by atoms with E-state index in [2.05, 4.69) is 9.97 Å². The van der Waals surface area contributed by atoms with Gasteiger partial charge in [-0.05, 0) is 13.0 Å². The van der Waals surface area contributed by atoms with Gasteiger partial charge >= 0.3 is 0 Å². The quantitative estimate of drug-likeness (QED) is 0.892. The molecule has 18 heavy (non-hydrogen) atoms. The molecule has 0 amide bonds. The van der Waals surface area contributed by atoms with Gasteiger partial charge < -0.3 is 9.88 Å². The van der Waals surface area contributed by atoms with Gasteiger partial charge in [0.2, 0.25) is 0 Å². The monoisotopic (exact) mass is 260 g/mol. The molecule has 0 fully saturated rings. The van der Waals surface area contributed by atoms with E-state index in [1.165, 1.54) is 11.3 Å². The number of hydrogen-bond donors (Lipinski definition) is 1. The highest BCUT2D eigenvalue weighted by Crippen LogP contribution is 2.27. The summed E-state index contributed by atoms with van der Waals surface area (Å²) in [7, 11) is 3.84. The number of aromatic nitrogens is 2. The van der Waals surface area contributed by atoms with Crippen molar-refractivity contribution in [1.29, 1.82) is 5.26 Å². The van der Waals surface area contributed by atoms with E-state index in [1.54, 1.807) is 13.0 Å². The zero-order chi connectivity index (χ0) is 13.3. The maximum Gasteiger partial charge on any atom is 0.266 e. The minimum absolute atomic E-state index is 0.106. The van der Waals surface area contributed by atoms with Gasteiger partial charge in [-0.15, -0.1) is 11.3 Å². The summed E-state index contributed by atoms with van der Waals surface area (Å²) in [6, 6.07) is 3.47. The minimum Gasteiger partial charge on any atom is -0.354 e. The first-order valence-electron chi connectivity index (χ1n) is 5.30. The molecule has 0 spiro atoms. The second-order valence-electron chi connectivity index (χ2n) is 4.07. The van der Waals surface area contributed by atoms with E-state index in [-0.39, 0.29) is 11.1 Å². The summed E-state index contributed by atoms with van der Waals surface area (Å²) in [6.45, 7) is 1.80. The van der Waals surface area contributed by atoms with E-state index < -0.39 is 0 Å². The smallest absolute Gasteiger partial charge is 0.266 e. The van der Waals surface area contributed by atoms with Crippen molar-refractivity contribution < 1.29 is 0 Å². The Labute approximate surface area is 108 Å². The summed E-state index contributed by atoms with van der Waals surface area (Å²) in [6.07, 6.45) is 0. The molecule has 0 unspecified atom stereocenters. The van der Waals surface area contributed by atoms with Crippen molar-refractivity contribution >= 4 is 16.5 Å². The molecule has 0 radical (unpaired) electrons. The highest BCUT2D eigenvalue weighted by atomic mass is 32.1. The second kappa shape index (κ2) is 4.63. The normalized spacial score (nSPS) is 10.1. The summed E-state index contributed by atoms with van der Waals surface area (Å²) in [4.78, 5) is 20.5. The van der Waals surface area contributed by atoms with E-state index in [0.717, 1.165) is 22.1 Å². The molecule has 0 atom stereocenters. The number of aryl methyl sites for hydroxylation is 1. The third-order valence-electron chi connectivity index (χ3n) is 2.51. The van der Waals surface area contributed by atoms with Gasteiger partial charge in [0.25, 0.3) is 5.56 Å². The highest BCUT2D eigenvalue weighted by molar-refractivity contribution is 7.14. The fourth-order valence-corrected chi connectivity index (χ4v) is 2.32. The molecule has 0 aliphatic heterocycles. The number of hydrogen-bond acceptors (Lipinski definition) is 5. The summed E-state index contributed by atoms with van der Waals surface area (Å²) < 4.78 is 0. The Morgan fingerprint density at radius 2 is 2.22 bits per heavy atom. The van der Waals surface area contributed by atoms with Crippen LogP contribution in [0.15, 0.2) is 16.2 Å². The van der Waals surface area contributed by atoms with Crippen LogP contribution in [0.3, 0.4) is 0 Å². The average molecular weight is 260 g/mol. The average Bonchev–Trinajstić information content (AvgIpc) is 2.78. The van der Waals surface area contributed by atoms with Gasteiger partial charge in [-0.2, -0.15) is 5.26 Å². The van der Waals surface area contributed by atoms with Gasteiger partial charge in [-0.25, -0.2) is 4.98 Å². The predicted octanol–water partition coefficient (Wildman–Crippen LogP) is 1.74. The number of thiazole rings is 1. The fourth-order valence-electron chi connectivity index (χ4n) is 1.57. The lowest BCUT2D eigenvalue weighted by atomic mass is 10.1. The number of rotatable bonds is 2. The molecule has 0 aromatic carbocycles. The van der Waals surface area contributed by atoms with E-state index in [1.807, 2.05) is 30.4 Å². The number of nitrogens with one attached hydrogen (secondary N) is 1. The van der Waals surface area contributed by atoms with E-state index >= 15 is 0 Å². The molecule has 2 heterocycles. The standard InChI is InChI=1S/C12H12N4OS/c1-7-9(4-8(5-13)11(17)14-7)10-6-18-12(15-10)16(2)3/h4,6H,1-3H3,(H,14,17). The van der Waals surface area contributed by atoms with E-state index in [4.69, 9.17) is 5.26 Å². The van der Waals surface area contributed by atoms with Crippen molar-refractivity contribution in [2.45, 2.75) is 6.92 Å². The van der Waals surface area contributed by atoms with Crippen LogP contribution in [0.1, 0.15) is 11.3 Å². The third kappa shape index (κ3) is 2.13. The van der Waals surface area contributed by atoms with Gasteiger partial charge in [0.05, 0.1) is 5.69 Å². The van der Waals surface area contributed by atoms with E-state index in [0.29, 0.717) is 0 Å². The number of anilines is 1. The van der Waals surface area contributed by atoms with Crippen LogP contribution in [0.4, 0.5) is 5.13 Å². The van der Waals surface area contributed by atoms with Crippen LogP contribution in [0.25, 0.3) is 11.3 Å². The molecular formula is C12H12N4OS. The maximum absolute atomic E-state index is 11.5. The lowest BCUT2D eigenvalue weighted by Gasteiger charge is -2.06. The molecule has 0 saturated carbocycles. The van der Waals surface area contributed by atoms with Crippen molar-refractivity contribution in [3.05, 3.63) is 33.1 Å². The molecule has 1 N–H and O–H groups in total. The van der Waals surface area contributed by atoms with Crippen LogP contribution in [-0.2, 0) is 0 Å². The molecular weight excluding hydrogens is 248 g/mol. The lowest BCUT2D eigenvalue weighted by Crippen LogP contribution is -2.12. The largest absolute Gasteiger partial charge is 0.354 e. The Kier molecular flexibility index (Phi) is 3.17. The van der Waals surface area contributed by atoms with Crippen LogP contribution >= 0.6 is 11.3 Å². The molecule has 6 heteroatoms. The second-order valence-corrected chi connectivity index (χ2v) is 4.91. The van der Waals surface area contributed by atoms with Crippen molar-refractivity contribution in [3.63, 3.8) is 0 Å². The van der Waals surface area contributed by atoms with Crippen LogP contribution in [-0.4, -0.2) is 24.1 Å². The Balaban J connectivity index is 2.57. The van der Waals surface area contributed by atoms with Crippen molar-refractivity contribution in [3.8, 4) is 17.3 Å². The summed E-state index contributed by atoms with van der Waals surface area (Å²) in [5, 5.41) is 11.7. The zero-order valence-electron chi connectivity index (χ0n) is 10.3. The number of pyridine rings is 1. The van der Waals surface area contributed by atoms with Gasteiger partial charge in [-0.3, -0.25) is 4.79 Å². The van der Waals surface area contributed by atoms with Gasteiger partial charge in [0.15, 0.2) is 5.13 Å². The molecule has 0 aliphatic carbocycles. The Hall–Kier alpha value is -2.13. The van der Waals surface area contributed by atoms with Gasteiger partial charge in [-0.1, -0.05) is 0 Å². The molecule has 0 bridgehead atoms. The SMILES string of the molecule is Cc1[nH]c(=O)c(C#N)cc1-c1csc(N(C)C)n1. The Morgan fingerprint density at radius 3 is 2.78 bits per heavy atom. The molecule has 2 rings (SSSR count). The van der Waals surface area contributed by atoms with Crippen LogP contribution in [0.5, 0.6) is 0 Å². The molecule has 92 valence electrons. The van der Waals surface area contributed by atoms with Crippen LogP contribution in [0.2, 0.25) is 0 Å². The summed E-state index contributed by atoms with van der Waals surface area (Å²) in [5.41, 5.74) is 2.02. The molecule has 2 aromatic rings. The number of nitriles is 1. The Bertz CT molecular complexity index is 678. The highest BCUT2D eigenvalue weighted by Gasteiger charge is 2.11. The molecule has 0 saturated heterocycles.